The van der Waals surface area contributed by atoms with Gasteiger partial charge in [0.15, 0.2) is 0 Å². The molecule has 2 aromatic carbocycles. The van der Waals surface area contributed by atoms with Crippen LogP contribution in [0.3, 0.4) is 0 Å². The van der Waals surface area contributed by atoms with Crippen LogP contribution in [0.1, 0.15) is 11.1 Å². The van der Waals surface area contributed by atoms with Gasteiger partial charge in [-0.3, -0.25) is 0 Å². The highest BCUT2D eigenvalue weighted by atomic mass is 19.1. The topological polar surface area (TPSA) is 32.3 Å². The Labute approximate surface area is 118 Å². The Kier molecular flexibility index (Phi) is 4.35. The number of aryl methyl sites for hydroxylation is 1. The highest BCUT2D eigenvalue weighted by Crippen LogP contribution is 2.10. The van der Waals surface area contributed by atoms with Crippen LogP contribution in [0.5, 0.6) is 0 Å². The molecule has 0 aliphatic carbocycles. The molecular formula is C16H17FN2O. The summed E-state index contributed by atoms with van der Waals surface area (Å²) in [6, 6.07) is 13.5. The van der Waals surface area contributed by atoms with E-state index in [1.54, 1.807) is 11.9 Å². The zero-order valence-corrected chi connectivity index (χ0v) is 11.6. The summed E-state index contributed by atoms with van der Waals surface area (Å²) in [5.41, 5.74) is 2.83. The van der Waals surface area contributed by atoms with Gasteiger partial charge in [0.2, 0.25) is 0 Å². The minimum atomic E-state index is -0.323. The van der Waals surface area contributed by atoms with Crippen molar-refractivity contribution in [3.8, 4) is 0 Å². The van der Waals surface area contributed by atoms with E-state index in [2.05, 4.69) is 5.32 Å². The first kappa shape index (κ1) is 14.1. The average molecular weight is 272 g/mol. The van der Waals surface area contributed by atoms with Gasteiger partial charge < -0.3 is 10.2 Å². The van der Waals surface area contributed by atoms with E-state index < -0.39 is 0 Å². The highest BCUT2D eigenvalue weighted by Gasteiger charge is 2.09. The van der Waals surface area contributed by atoms with E-state index >= 15 is 0 Å². The van der Waals surface area contributed by atoms with Crippen molar-refractivity contribution in [1.82, 2.24) is 4.90 Å². The normalized spacial score (nSPS) is 10.2. The van der Waals surface area contributed by atoms with Gasteiger partial charge in [-0.2, -0.15) is 0 Å². The van der Waals surface area contributed by atoms with Crippen molar-refractivity contribution in [2.45, 2.75) is 13.5 Å². The summed E-state index contributed by atoms with van der Waals surface area (Å²) in [5.74, 6) is -0.323. The maximum absolute atomic E-state index is 12.8. The number of anilines is 1. The predicted octanol–water partition coefficient (Wildman–Crippen LogP) is 3.80. The van der Waals surface area contributed by atoms with Crippen molar-refractivity contribution >= 4 is 11.7 Å². The van der Waals surface area contributed by atoms with Gasteiger partial charge in [-0.1, -0.05) is 29.8 Å². The van der Waals surface area contributed by atoms with Gasteiger partial charge in [-0.15, -0.1) is 0 Å². The van der Waals surface area contributed by atoms with E-state index in [0.29, 0.717) is 12.2 Å². The Morgan fingerprint density at radius 2 is 1.70 bits per heavy atom. The number of hydrogen-bond donors (Lipinski definition) is 1. The Bertz CT molecular complexity index is 578. The van der Waals surface area contributed by atoms with Crippen molar-refractivity contribution in [3.05, 3.63) is 65.5 Å². The lowest BCUT2D eigenvalue weighted by Gasteiger charge is -2.18. The number of nitrogens with one attached hydrogen (secondary N) is 1. The number of rotatable bonds is 3. The van der Waals surface area contributed by atoms with Crippen LogP contribution in [0.15, 0.2) is 48.5 Å². The van der Waals surface area contributed by atoms with Gasteiger partial charge in [-0.25, -0.2) is 9.18 Å². The molecule has 0 fully saturated rings. The van der Waals surface area contributed by atoms with E-state index in [4.69, 9.17) is 0 Å². The van der Waals surface area contributed by atoms with Crippen molar-refractivity contribution in [3.63, 3.8) is 0 Å². The summed E-state index contributed by atoms with van der Waals surface area (Å²) in [7, 11) is 1.72. The average Bonchev–Trinajstić information content (AvgIpc) is 2.44. The van der Waals surface area contributed by atoms with Crippen LogP contribution in [0.2, 0.25) is 0 Å². The van der Waals surface area contributed by atoms with Crippen LogP contribution >= 0.6 is 0 Å². The second-order valence-electron chi connectivity index (χ2n) is 4.78. The smallest absolute Gasteiger partial charge is 0.321 e. The quantitative estimate of drug-likeness (QED) is 0.905. The summed E-state index contributed by atoms with van der Waals surface area (Å²) < 4.78 is 12.8. The Balaban J connectivity index is 1.94. The standard InChI is InChI=1S/C16H17FN2O/c1-12-3-5-13(6-4-12)11-19(2)16(20)18-15-9-7-14(17)8-10-15/h3-10H,11H2,1-2H3,(H,18,20). The Hall–Kier alpha value is -2.36. The summed E-state index contributed by atoms with van der Waals surface area (Å²) >= 11 is 0. The number of carbonyl (C=O) groups is 1. The molecule has 3 nitrogen and oxygen atoms in total. The van der Waals surface area contributed by atoms with Crippen LogP contribution in [0.4, 0.5) is 14.9 Å². The molecule has 20 heavy (non-hydrogen) atoms. The van der Waals surface area contributed by atoms with Crippen molar-refractivity contribution in [2.75, 3.05) is 12.4 Å². The predicted molar refractivity (Wildman–Crippen MR) is 78.1 cm³/mol. The third kappa shape index (κ3) is 3.82. The molecule has 0 bridgehead atoms. The van der Waals surface area contributed by atoms with Crippen LogP contribution in [-0.4, -0.2) is 18.0 Å². The zero-order valence-electron chi connectivity index (χ0n) is 11.6. The minimum Gasteiger partial charge on any atom is -0.323 e. The van der Waals surface area contributed by atoms with Gasteiger partial charge in [0.25, 0.3) is 0 Å². The molecule has 0 radical (unpaired) electrons. The molecule has 0 aliphatic rings. The fourth-order valence-electron chi connectivity index (χ4n) is 1.79. The van der Waals surface area contributed by atoms with Crippen molar-refractivity contribution in [2.24, 2.45) is 0 Å². The molecule has 104 valence electrons. The number of nitrogens with zero attached hydrogens (tertiary/aromatic N) is 1. The lowest BCUT2D eigenvalue weighted by atomic mass is 10.1. The highest BCUT2D eigenvalue weighted by molar-refractivity contribution is 5.89. The van der Waals surface area contributed by atoms with Crippen molar-refractivity contribution in [1.29, 1.82) is 0 Å². The minimum absolute atomic E-state index is 0.225. The van der Waals surface area contributed by atoms with Crippen LogP contribution in [0.25, 0.3) is 0 Å². The molecule has 2 amide bonds. The SMILES string of the molecule is Cc1ccc(CN(C)C(=O)Nc2ccc(F)cc2)cc1. The van der Waals surface area contributed by atoms with E-state index in [1.165, 1.54) is 29.8 Å². The van der Waals surface area contributed by atoms with Crippen LogP contribution < -0.4 is 5.32 Å². The van der Waals surface area contributed by atoms with Crippen LogP contribution in [-0.2, 0) is 6.54 Å². The Morgan fingerprint density at radius 3 is 2.30 bits per heavy atom. The van der Waals surface area contributed by atoms with Gasteiger partial charge in [0.05, 0.1) is 0 Å². The maximum atomic E-state index is 12.8. The number of carbonyl (C=O) groups excluding carboxylic acids is 1. The first-order valence-corrected chi connectivity index (χ1v) is 6.38. The molecular weight excluding hydrogens is 255 g/mol. The molecule has 0 aromatic heterocycles. The lowest BCUT2D eigenvalue weighted by molar-refractivity contribution is 0.220. The molecule has 0 atom stereocenters. The molecule has 0 spiro atoms. The maximum Gasteiger partial charge on any atom is 0.321 e. The number of urea groups is 1. The van der Waals surface area contributed by atoms with Gasteiger partial charge in [0, 0.05) is 19.3 Å². The fourth-order valence-corrected chi connectivity index (χ4v) is 1.79. The lowest BCUT2D eigenvalue weighted by Crippen LogP contribution is -2.30. The third-order valence-electron chi connectivity index (χ3n) is 2.98. The van der Waals surface area contributed by atoms with Gasteiger partial charge in [-0.05, 0) is 36.8 Å². The number of amides is 2. The summed E-state index contributed by atoms with van der Waals surface area (Å²) in [6.07, 6.45) is 0. The molecule has 2 aromatic rings. The first-order valence-electron chi connectivity index (χ1n) is 6.38. The number of halogens is 1. The second kappa shape index (κ2) is 6.19. The molecule has 0 heterocycles. The second-order valence-corrected chi connectivity index (χ2v) is 4.78. The number of hydrogen-bond acceptors (Lipinski definition) is 1. The molecule has 0 saturated heterocycles. The van der Waals surface area contributed by atoms with Crippen molar-refractivity contribution < 1.29 is 9.18 Å². The van der Waals surface area contributed by atoms with E-state index in [9.17, 15) is 9.18 Å². The zero-order chi connectivity index (χ0) is 14.5. The largest absolute Gasteiger partial charge is 0.323 e. The molecule has 0 aliphatic heterocycles. The molecule has 2 rings (SSSR count). The fraction of sp³-hybridized carbons (Fsp3) is 0.188. The summed E-state index contributed by atoms with van der Waals surface area (Å²) in [6.45, 7) is 2.54. The summed E-state index contributed by atoms with van der Waals surface area (Å²) in [5, 5.41) is 2.72. The van der Waals surface area contributed by atoms with E-state index in [0.717, 1.165) is 5.56 Å². The third-order valence-corrected chi connectivity index (χ3v) is 2.98. The monoisotopic (exact) mass is 272 g/mol. The van der Waals surface area contributed by atoms with Crippen LogP contribution in [0, 0.1) is 12.7 Å². The first-order chi connectivity index (χ1) is 9.54. The van der Waals surface area contributed by atoms with Gasteiger partial charge >= 0.3 is 6.03 Å². The molecule has 0 unspecified atom stereocenters. The Morgan fingerprint density at radius 1 is 1.10 bits per heavy atom. The van der Waals surface area contributed by atoms with E-state index in [1.807, 2.05) is 31.2 Å². The number of benzene rings is 2. The molecule has 1 N–H and O–H groups in total. The summed E-state index contributed by atoms with van der Waals surface area (Å²) in [4.78, 5) is 13.6. The molecule has 0 saturated carbocycles. The molecule has 4 heteroatoms. The van der Waals surface area contributed by atoms with E-state index in [-0.39, 0.29) is 11.8 Å². The van der Waals surface area contributed by atoms with Gasteiger partial charge in [0.1, 0.15) is 5.82 Å².